The van der Waals surface area contributed by atoms with Crippen molar-refractivity contribution >= 4 is 17.7 Å². The van der Waals surface area contributed by atoms with Crippen molar-refractivity contribution in [2.75, 3.05) is 32.0 Å². The SMILES string of the molecule is CNc1ccc(C(=O)NCC2CCN(C(=O)OCc3ccccc3)CC2)cc1. The van der Waals surface area contributed by atoms with Crippen LogP contribution in [0, 0.1) is 5.92 Å². The number of hydrogen-bond acceptors (Lipinski definition) is 4. The molecule has 28 heavy (non-hydrogen) atoms. The standard InChI is InChI=1S/C22H27N3O3/c1-23-20-9-7-19(8-10-20)21(26)24-15-17-11-13-25(14-12-17)22(27)28-16-18-5-3-2-4-6-18/h2-10,17,23H,11-16H2,1H3,(H,24,26). The first-order valence-electron chi connectivity index (χ1n) is 9.67. The Balaban J connectivity index is 1.37. The molecule has 0 aromatic heterocycles. The monoisotopic (exact) mass is 381 g/mol. The summed E-state index contributed by atoms with van der Waals surface area (Å²) >= 11 is 0. The molecule has 148 valence electrons. The summed E-state index contributed by atoms with van der Waals surface area (Å²) in [6.07, 6.45) is 1.45. The Labute approximate surface area is 165 Å². The maximum atomic E-state index is 12.3. The van der Waals surface area contributed by atoms with E-state index in [1.54, 1.807) is 4.90 Å². The van der Waals surface area contributed by atoms with E-state index in [1.165, 1.54) is 0 Å². The lowest BCUT2D eigenvalue weighted by Gasteiger charge is -2.31. The highest BCUT2D eigenvalue weighted by atomic mass is 16.6. The molecule has 2 aromatic rings. The van der Waals surface area contributed by atoms with Crippen LogP contribution in [-0.4, -0.2) is 43.6 Å². The van der Waals surface area contributed by atoms with Gasteiger partial charge in [0.25, 0.3) is 5.91 Å². The Hall–Kier alpha value is -3.02. The van der Waals surface area contributed by atoms with E-state index in [4.69, 9.17) is 4.74 Å². The Bertz CT molecular complexity index is 769. The number of carbonyl (C=O) groups excluding carboxylic acids is 2. The zero-order chi connectivity index (χ0) is 19.8. The van der Waals surface area contributed by atoms with E-state index in [-0.39, 0.29) is 12.0 Å². The molecule has 0 aliphatic carbocycles. The molecule has 0 radical (unpaired) electrons. The van der Waals surface area contributed by atoms with E-state index in [2.05, 4.69) is 10.6 Å². The molecule has 2 N–H and O–H groups in total. The van der Waals surface area contributed by atoms with Crippen LogP contribution >= 0.6 is 0 Å². The first-order valence-corrected chi connectivity index (χ1v) is 9.67. The summed E-state index contributed by atoms with van der Waals surface area (Å²) in [5, 5.41) is 6.04. The van der Waals surface area contributed by atoms with Crippen LogP contribution in [0.2, 0.25) is 0 Å². The highest BCUT2D eigenvalue weighted by Gasteiger charge is 2.24. The van der Waals surface area contributed by atoms with Crippen LogP contribution in [0.1, 0.15) is 28.8 Å². The predicted octanol–water partition coefficient (Wildman–Crippen LogP) is 3.51. The van der Waals surface area contributed by atoms with Crippen LogP contribution in [0.3, 0.4) is 0 Å². The van der Waals surface area contributed by atoms with Gasteiger partial charge in [-0.25, -0.2) is 4.79 Å². The summed E-state index contributed by atoms with van der Waals surface area (Å²) in [5.41, 5.74) is 2.61. The highest BCUT2D eigenvalue weighted by Crippen LogP contribution is 2.18. The van der Waals surface area contributed by atoms with Crippen molar-refractivity contribution in [1.82, 2.24) is 10.2 Å². The largest absolute Gasteiger partial charge is 0.445 e. The minimum atomic E-state index is -0.268. The van der Waals surface area contributed by atoms with Gasteiger partial charge in [-0.2, -0.15) is 0 Å². The molecule has 3 rings (SSSR count). The van der Waals surface area contributed by atoms with E-state index in [0.29, 0.717) is 37.7 Å². The molecule has 1 heterocycles. The van der Waals surface area contributed by atoms with Crippen LogP contribution in [0.25, 0.3) is 0 Å². The number of amides is 2. The van der Waals surface area contributed by atoms with Crippen molar-refractivity contribution in [1.29, 1.82) is 0 Å². The van der Waals surface area contributed by atoms with Crippen LogP contribution in [-0.2, 0) is 11.3 Å². The lowest BCUT2D eigenvalue weighted by atomic mass is 9.97. The van der Waals surface area contributed by atoms with Crippen LogP contribution in [0.5, 0.6) is 0 Å². The van der Waals surface area contributed by atoms with Crippen molar-refractivity contribution in [3.05, 3.63) is 65.7 Å². The van der Waals surface area contributed by atoms with Gasteiger partial charge in [0.2, 0.25) is 0 Å². The number of nitrogens with one attached hydrogen (secondary N) is 2. The molecule has 0 atom stereocenters. The third kappa shape index (κ3) is 5.49. The number of hydrogen-bond donors (Lipinski definition) is 2. The molecule has 1 saturated heterocycles. The third-order valence-corrected chi connectivity index (χ3v) is 5.06. The minimum absolute atomic E-state index is 0.0626. The van der Waals surface area contributed by atoms with Gasteiger partial charge in [-0.3, -0.25) is 4.79 Å². The fraction of sp³-hybridized carbons (Fsp3) is 0.364. The molecular weight excluding hydrogens is 354 g/mol. The number of anilines is 1. The fourth-order valence-corrected chi connectivity index (χ4v) is 3.26. The summed E-state index contributed by atoms with van der Waals surface area (Å²) in [5.74, 6) is 0.311. The molecule has 0 saturated carbocycles. The van der Waals surface area contributed by atoms with Gasteiger partial charge < -0.3 is 20.3 Å². The molecule has 6 nitrogen and oxygen atoms in total. The van der Waals surface area contributed by atoms with Gasteiger partial charge >= 0.3 is 6.09 Å². The number of likely N-dealkylation sites (tertiary alicyclic amines) is 1. The summed E-state index contributed by atoms with van der Waals surface area (Å²) < 4.78 is 5.39. The zero-order valence-corrected chi connectivity index (χ0v) is 16.2. The minimum Gasteiger partial charge on any atom is -0.445 e. The van der Waals surface area contributed by atoms with Crippen molar-refractivity contribution in [2.45, 2.75) is 19.4 Å². The number of benzene rings is 2. The first-order chi connectivity index (χ1) is 13.7. The Kier molecular flexibility index (Phi) is 6.89. The van der Waals surface area contributed by atoms with E-state index in [0.717, 1.165) is 24.1 Å². The maximum Gasteiger partial charge on any atom is 0.410 e. The van der Waals surface area contributed by atoms with E-state index in [1.807, 2.05) is 61.6 Å². The lowest BCUT2D eigenvalue weighted by Crippen LogP contribution is -2.41. The average molecular weight is 381 g/mol. The average Bonchev–Trinajstić information content (AvgIpc) is 2.77. The summed E-state index contributed by atoms with van der Waals surface area (Å²) in [6, 6.07) is 17.1. The van der Waals surface area contributed by atoms with E-state index < -0.39 is 0 Å². The van der Waals surface area contributed by atoms with E-state index >= 15 is 0 Å². The smallest absolute Gasteiger partial charge is 0.410 e. The molecular formula is C22H27N3O3. The Morgan fingerprint density at radius 2 is 1.71 bits per heavy atom. The normalized spacial score (nSPS) is 14.4. The van der Waals surface area contributed by atoms with Crippen LogP contribution < -0.4 is 10.6 Å². The number of carbonyl (C=O) groups is 2. The summed E-state index contributed by atoms with van der Waals surface area (Å²) in [7, 11) is 1.85. The first kappa shape index (κ1) is 19.7. The summed E-state index contributed by atoms with van der Waals surface area (Å²) in [6.45, 7) is 2.23. The number of nitrogens with zero attached hydrogens (tertiary/aromatic N) is 1. The van der Waals surface area contributed by atoms with Crippen LogP contribution in [0.4, 0.5) is 10.5 Å². The lowest BCUT2D eigenvalue weighted by molar-refractivity contribution is 0.0801. The van der Waals surface area contributed by atoms with Gasteiger partial charge in [0, 0.05) is 37.9 Å². The van der Waals surface area contributed by atoms with Crippen molar-refractivity contribution < 1.29 is 14.3 Å². The fourth-order valence-electron chi connectivity index (χ4n) is 3.26. The number of piperidine rings is 1. The molecule has 0 unspecified atom stereocenters. The molecule has 2 amide bonds. The molecule has 1 aliphatic rings. The quantitative estimate of drug-likeness (QED) is 0.803. The van der Waals surface area contributed by atoms with Crippen molar-refractivity contribution in [3.8, 4) is 0 Å². The van der Waals surface area contributed by atoms with Gasteiger partial charge in [-0.1, -0.05) is 30.3 Å². The molecule has 1 aliphatic heterocycles. The molecule has 2 aromatic carbocycles. The van der Waals surface area contributed by atoms with E-state index in [9.17, 15) is 9.59 Å². The molecule has 0 spiro atoms. The van der Waals surface area contributed by atoms with Crippen molar-refractivity contribution in [3.63, 3.8) is 0 Å². The maximum absolute atomic E-state index is 12.3. The molecule has 6 heteroatoms. The second-order valence-corrected chi connectivity index (χ2v) is 7.01. The second kappa shape index (κ2) is 9.78. The topological polar surface area (TPSA) is 70.7 Å². The van der Waals surface area contributed by atoms with Gasteiger partial charge in [0.15, 0.2) is 0 Å². The van der Waals surface area contributed by atoms with Gasteiger partial charge in [-0.05, 0) is 48.6 Å². The van der Waals surface area contributed by atoms with Gasteiger partial charge in [0.05, 0.1) is 0 Å². The second-order valence-electron chi connectivity index (χ2n) is 7.01. The van der Waals surface area contributed by atoms with Gasteiger partial charge in [-0.15, -0.1) is 0 Å². The summed E-state index contributed by atoms with van der Waals surface area (Å²) in [4.78, 5) is 26.2. The zero-order valence-electron chi connectivity index (χ0n) is 16.2. The number of rotatable bonds is 6. The molecule has 0 bridgehead atoms. The van der Waals surface area contributed by atoms with Crippen molar-refractivity contribution in [2.24, 2.45) is 5.92 Å². The van der Waals surface area contributed by atoms with Crippen LogP contribution in [0.15, 0.2) is 54.6 Å². The Morgan fingerprint density at radius 3 is 2.36 bits per heavy atom. The Morgan fingerprint density at radius 1 is 1.04 bits per heavy atom. The number of ether oxygens (including phenoxy) is 1. The third-order valence-electron chi connectivity index (χ3n) is 5.06. The highest BCUT2D eigenvalue weighted by molar-refractivity contribution is 5.94. The van der Waals surface area contributed by atoms with Gasteiger partial charge in [0.1, 0.15) is 6.61 Å². The predicted molar refractivity (Wildman–Crippen MR) is 109 cm³/mol. The molecule has 1 fully saturated rings.